The minimum Gasteiger partial charge on any atom is -0.465 e. The Morgan fingerprint density at radius 3 is 2.22 bits per heavy atom. The Bertz CT molecular complexity index is 887. The molecule has 0 atom stereocenters. The molecule has 0 aliphatic carbocycles. The van der Waals surface area contributed by atoms with Crippen LogP contribution in [0.2, 0.25) is 5.15 Å². The number of aromatic nitrogens is 2. The van der Waals surface area contributed by atoms with Crippen molar-refractivity contribution in [2.75, 3.05) is 20.0 Å². The highest BCUT2D eigenvalue weighted by molar-refractivity contribution is 6.32. The first-order chi connectivity index (χ1) is 12.6. The Morgan fingerprint density at radius 2 is 1.74 bits per heavy atom. The van der Waals surface area contributed by atoms with Gasteiger partial charge < -0.3 is 15.2 Å². The number of carbonyl (C=O) groups excluding carboxylic acids is 2. The first-order valence-electron chi connectivity index (χ1n) is 7.32. The molecule has 0 amide bonds. The van der Waals surface area contributed by atoms with Crippen molar-refractivity contribution in [2.24, 2.45) is 0 Å². The second kappa shape index (κ2) is 9.43. The summed E-state index contributed by atoms with van der Waals surface area (Å²) in [6.45, 7) is 3.21. The summed E-state index contributed by atoms with van der Waals surface area (Å²) in [5, 5.41) is 10.5. The van der Waals surface area contributed by atoms with Crippen molar-refractivity contribution in [3.63, 3.8) is 0 Å². The standard InChI is InChI=1S/C8H7ClN2O4.C8H10N2O2/c1-4-6(11(13)14)3-5(7(9)10-4)8(12)15-2;1-5-7(9)3-6(4-10-5)8(11)12-2/h3H,1-2H3;3-4H,9H2,1-2H3. The maximum absolute atomic E-state index is 11.2. The molecule has 0 aliphatic rings. The fourth-order valence-corrected chi connectivity index (χ4v) is 2.04. The van der Waals surface area contributed by atoms with Crippen molar-refractivity contribution in [3.8, 4) is 0 Å². The molecule has 2 heterocycles. The summed E-state index contributed by atoms with van der Waals surface area (Å²) in [7, 11) is 2.47. The lowest BCUT2D eigenvalue weighted by Gasteiger charge is -2.03. The van der Waals surface area contributed by atoms with E-state index in [9.17, 15) is 19.7 Å². The van der Waals surface area contributed by atoms with Crippen molar-refractivity contribution in [3.05, 3.63) is 56.1 Å². The quantitative estimate of drug-likeness (QED) is 0.357. The van der Waals surface area contributed by atoms with E-state index in [1.54, 1.807) is 13.0 Å². The van der Waals surface area contributed by atoms with Crippen LogP contribution in [0.1, 0.15) is 32.1 Å². The number of anilines is 1. The van der Waals surface area contributed by atoms with E-state index in [1.807, 2.05) is 0 Å². The molecule has 2 aromatic rings. The van der Waals surface area contributed by atoms with Gasteiger partial charge in [-0.05, 0) is 19.9 Å². The molecule has 0 bridgehead atoms. The molecule has 11 heteroatoms. The summed E-state index contributed by atoms with van der Waals surface area (Å²) in [6.07, 6.45) is 1.44. The number of pyridine rings is 2. The third-order valence-electron chi connectivity index (χ3n) is 3.29. The van der Waals surface area contributed by atoms with E-state index in [0.29, 0.717) is 16.9 Å². The normalized spacial score (nSPS) is 9.67. The lowest BCUT2D eigenvalue weighted by molar-refractivity contribution is -0.385. The van der Waals surface area contributed by atoms with Crippen LogP contribution < -0.4 is 5.73 Å². The Kier molecular flexibility index (Phi) is 7.61. The van der Waals surface area contributed by atoms with E-state index in [0.717, 1.165) is 13.2 Å². The molecule has 0 fully saturated rings. The smallest absolute Gasteiger partial charge is 0.341 e. The van der Waals surface area contributed by atoms with Gasteiger partial charge in [0.25, 0.3) is 5.69 Å². The van der Waals surface area contributed by atoms with Gasteiger partial charge in [-0.15, -0.1) is 0 Å². The minimum absolute atomic E-state index is 0.107. The molecular formula is C16H17ClN4O6. The fourth-order valence-electron chi connectivity index (χ4n) is 1.78. The van der Waals surface area contributed by atoms with Crippen LogP contribution in [0.4, 0.5) is 11.4 Å². The summed E-state index contributed by atoms with van der Waals surface area (Å²) in [6, 6.07) is 2.60. The van der Waals surface area contributed by atoms with E-state index >= 15 is 0 Å². The number of nitrogens with two attached hydrogens (primary N) is 1. The molecular weight excluding hydrogens is 380 g/mol. The maximum atomic E-state index is 11.2. The molecule has 10 nitrogen and oxygen atoms in total. The van der Waals surface area contributed by atoms with Crippen LogP contribution in [0.3, 0.4) is 0 Å². The summed E-state index contributed by atoms with van der Waals surface area (Å²) >= 11 is 5.65. The van der Waals surface area contributed by atoms with Crippen LogP contribution in [0, 0.1) is 24.0 Å². The number of rotatable bonds is 3. The largest absolute Gasteiger partial charge is 0.465 e. The number of nitrogens with zero attached hydrogens (tertiary/aromatic N) is 3. The number of hydrogen-bond acceptors (Lipinski definition) is 9. The van der Waals surface area contributed by atoms with Crippen molar-refractivity contribution in [1.29, 1.82) is 0 Å². The van der Waals surface area contributed by atoms with Gasteiger partial charge in [-0.1, -0.05) is 11.6 Å². The molecule has 2 rings (SSSR count). The molecule has 0 saturated heterocycles. The number of nitrogen functional groups attached to an aromatic ring is 1. The zero-order valence-electron chi connectivity index (χ0n) is 15.0. The zero-order chi connectivity index (χ0) is 20.7. The van der Waals surface area contributed by atoms with Crippen LogP contribution in [-0.2, 0) is 9.47 Å². The van der Waals surface area contributed by atoms with Gasteiger partial charge in [0.05, 0.1) is 36.1 Å². The van der Waals surface area contributed by atoms with Gasteiger partial charge in [-0.3, -0.25) is 15.1 Å². The first kappa shape index (κ1) is 21.8. The van der Waals surface area contributed by atoms with E-state index in [-0.39, 0.29) is 22.1 Å². The fraction of sp³-hybridized carbons (Fsp3) is 0.250. The molecule has 2 N–H and O–H groups in total. The van der Waals surface area contributed by atoms with E-state index < -0.39 is 16.9 Å². The Hall–Kier alpha value is -3.27. The Morgan fingerprint density at radius 1 is 1.15 bits per heavy atom. The summed E-state index contributed by atoms with van der Waals surface area (Å²) in [5.41, 5.74) is 6.90. The van der Waals surface area contributed by atoms with Crippen LogP contribution in [0.25, 0.3) is 0 Å². The Labute approximate surface area is 159 Å². The van der Waals surface area contributed by atoms with Crippen molar-refractivity contribution < 1.29 is 24.0 Å². The SMILES string of the molecule is COC(=O)c1cc([N+](=O)[O-])c(C)nc1Cl.COC(=O)c1cnc(C)c(N)c1. The molecule has 0 aromatic carbocycles. The molecule has 2 aromatic heterocycles. The number of carbonyl (C=O) groups is 2. The van der Waals surface area contributed by atoms with E-state index in [2.05, 4.69) is 19.4 Å². The van der Waals surface area contributed by atoms with E-state index in [1.165, 1.54) is 20.2 Å². The molecule has 0 unspecified atom stereocenters. The van der Waals surface area contributed by atoms with Crippen LogP contribution in [0.15, 0.2) is 18.3 Å². The predicted octanol–water partition coefficient (Wildman–Crippen LogP) is 2.50. The highest BCUT2D eigenvalue weighted by Crippen LogP contribution is 2.23. The van der Waals surface area contributed by atoms with Gasteiger partial charge >= 0.3 is 11.9 Å². The third-order valence-corrected chi connectivity index (χ3v) is 3.58. The van der Waals surface area contributed by atoms with Crippen LogP contribution >= 0.6 is 11.6 Å². The van der Waals surface area contributed by atoms with Gasteiger partial charge in [-0.2, -0.15) is 0 Å². The number of nitro groups is 1. The van der Waals surface area contributed by atoms with Crippen LogP contribution in [-0.4, -0.2) is 41.0 Å². The molecule has 0 aliphatic heterocycles. The van der Waals surface area contributed by atoms with Gasteiger partial charge in [0.15, 0.2) is 0 Å². The molecule has 0 radical (unpaired) electrons. The molecule has 144 valence electrons. The molecule has 0 spiro atoms. The molecule has 0 saturated carbocycles. The van der Waals surface area contributed by atoms with E-state index in [4.69, 9.17) is 17.3 Å². The predicted molar refractivity (Wildman–Crippen MR) is 96.7 cm³/mol. The van der Waals surface area contributed by atoms with Gasteiger partial charge in [0, 0.05) is 12.3 Å². The number of esters is 2. The number of hydrogen-bond donors (Lipinski definition) is 1. The van der Waals surface area contributed by atoms with Crippen molar-refractivity contribution in [2.45, 2.75) is 13.8 Å². The molecule has 27 heavy (non-hydrogen) atoms. The Balaban J connectivity index is 0.000000277. The van der Waals surface area contributed by atoms with Gasteiger partial charge in [-0.25, -0.2) is 14.6 Å². The number of aryl methyl sites for hydroxylation is 2. The monoisotopic (exact) mass is 396 g/mol. The zero-order valence-corrected chi connectivity index (χ0v) is 15.7. The maximum Gasteiger partial charge on any atom is 0.341 e. The second-order valence-electron chi connectivity index (χ2n) is 5.07. The third kappa shape index (κ3) is 5.61. The van der Waals surface area contributed by atoms with Gasteiger partial charge in [0.1, 0.15) is 16.4 Å². The second-order valence-corrected chi connectivity index (χ2v) is 5.43. The highest BCUT2D eigenvalue weighted by atomic mass is 35.5. The summed E-state index contributed by atoms with van der Waals surface area (Å²) < 4.78 is 8.90. The average Bonchev–Trinajstić information content (AvgIpc) is 2.63. The first-order valence-corrected chi connectivity index (χ1v) is 7.70. The number of halogens is 1. The number of methoxy groups -OCH3 is 2. The van der Waals surface area contributed by atoms with Crippen molar-refractivity contribution in [1.82, 2.24) is 9.97 Å². The lowest BCUT2D eigenvalue weighted by atomic mass is 10.2. The highest BCUT2D eigenvalue weighted by Gasteiger charge is 2.20. The minimum atomic E-state index is -0.754. The average molecular weight is 397 g/mol. The van der Waals surface area contributed by atoms with Gasteiger partial charge in [0.2, 0.25) is 0 Å². The topological polar surface area (TPSA) is 148 Å². The number of ether oxygens (including phenoxy) is 2. The van der Waals surface area contributed by atoms with Crippen molar-refractivity contribution >= 4 is 34.9 Å². The summed E-state index contributed by atoms with van der Waals surface area (Å²) in [5.74, 6) is -1.18. The lowest BCUT2D eigenvalue weighted by Crippen LogP contribution is -2.06. The summed E-state index contributed by atoms with van der Waals surface area (Å²) in [4.78, 5) is 39.7. The van der Waals surface area contributed by atoms with Crippen LogP contribution in [0.5, 0.6) is 0 Å².